The Morgan fingerprint density at radius 1 is 1.03 bits per heavy atom. The molecule has 2 aromatic heterocycles. The zero-order valence-corrected chi connectivity index (χ0v) is 18.3. The fraction of sp³-hybridized carbons (Fsp3) is 0.286. The predicted molar refractivity (Wildman–Crippen MR) is 116 cm³/mol. The van der Waals surface area contributed by atoms with Crippen LogP contribution in [0.4, 0.5) is 11.8 Å². The summed E-state index contributed by atoms with van der Waals surface area (Å²) in [6, 6.07) is 13.6. The number of hydrogen-bond acceptors (Lipinski definition) is 6. The highest BCUT2D eigenvalue weighted by atomic mass is 35.5. The highest BCUT2D eigenvalue weighted by Gasteiger charge is 2.37. The Kier molecular flexibility index (Phi) is 5.73. The van der Waals surface area contributed by atoms with E-state index in [2.05, 4.69) is 20.3 Å². The van der Waals surface area contributed by atoms with Crippen molar-refractivity contribution < 1.29 is 8.42 Å². The molecule has 3 heterocycles. The molecule has 0 bridgehead atoms. The summed E-state index contributed by atoms with van der Waals surface area (Å²) in [5, 5.41) is 3.34. The van der Waals surface area contributed by atoms with Crippen molar-refractivity contribution in [2.75, 3.05) is 11.9 Å². The lowest BCUT2D eigenvalue weighted by Gasteiger charge is -2.24. The molecule has 3 aromatic rings. The maximum atomic E-state index is 13.3. The van der Waals surface area contributed by atoms with Gasteiger partial charge < -0.3 is 5.32 Å². The van der Waals surface area contributed by atoms with Gasteiger partial charge >= 0.3 is 0 Å². The Balaban J connectivity index is 1.63. The van der Waals surface area contributed by atoms with Crippen LogP contribution in [-0.4, -0.2) is 34.2 Å². The monoisotopic (exact) mass is 443 g/mol. The van der Waals surface area contributed by atoms with Gasteiger partial charge in [-0.3, -0.25) is 0 Å². The van der Waals surface area contributed by atoms with Gasteiger partial charge in [0.25, 0.3) is 0 Å². The van der Waals surface area contributed by atoms with Gasteiger partial charge in [0, 0.05) is 17.9 Å². The summed E-state index contributed by atoms with van der Waals surface area (Å²) in [4.78, 5) is 13.5. The predicted octanol–water partition coefficient (Wildman–Crippen LogP) is 4.41. The van der Waals surface area contributed by atoms with Crippen LogP contribution in [0.5, 0.6) is 0 Å². The first-order valence-electron chi connectivity index (χ1n) is 9.67. The Morgan fingerprint density at radius 2 is 1.77 bits per heavy atom. The molecule has 156 valence electrons. The van der Waals surface area contributed by atoms with Gasteiger partial charge in [0.1, 0.15) is 10.7 Å². The first-order chi connectivity index (χ1) is 14.3. The summed E-state index contributed by atoms with van der Waals surface area (Å²) < 4.78 is 28.0. The van der Waals surface area contributed by atoms with Gasteiger partial charge in [-0.2, -0.15) is 4.31 Å². The molecule has 1 N–H and O–H groups in total. The summed E-state index contributed by atoms with van der Waals surface area (Å²) in [5.41, 5.74) is 2.39. The van der Waals surface area contributed by atoms with E-state index in [0.29, 0.717) is 30.4 Å². The number of pyridine rings is 1. The molecular weight excluding hydrogens is 422 g/mol. The van der Waals surface area contributed by atoms with E-state index in [1.165, 1.54) is 10.4 Å². The van der Waals surface area contributed by atoms with Crippen LogP contribution in [0.15, 0.2) is 53.4 Å². The van der Waals surface area contributed by atoms with Crippen molar-refractivity contribution in [1.29, 1.82) is 0 Å². The smallest absolute Gasteiger partial charge is 0.245 e. The first-order valence-corrected chi connectivity index (χ1v) is 11.5. The molecule has 0 aliphatic carbocycles. The largest absolute Gasteiger partial charge is 0.309 e. The van der Waals surface area contributed by atoms with Gasteiger partial charge in [-0.25, -0.2) is 23.4 Å². The molecule has 0 spiro atoms. The fourth-order valence-corrected chi connectivity index (χ4v) is 5.87. The van der Waals surface area contributed by atoms with Gasteiger partial charge in [-0.1, -0.05) is 29.8 Å². The minimum atomic E-state index is -3.73. The van der Waals surface area contributed by atoms with Crippen LogP contribution < -0.4 is 5.32 Å². The first kappa shape index (κ1) is 20.7. The van der Waals surface area contributed by atoms with Crippen LogP contribution in [0.2, 0.25) is 5.02 Å². The number of anilines is 2. The van der Waals surface area contributed by atoms with Crippen molar-refractivity contribution in [1.82, 2.24) is 19.3 Å². The van der Waals surface area contributed by atoms with Crippen molar-refractivity contribution in [3.05, 3.63) is 70.6 Å². The number of sulfonamides is 1. The van der Waals surface area contributed by atoms with Crippen LogP contribution in [0, 0.1) is 13.8 Å². The van der Waals surface area contributed by atoms with Gasteiger partial charge in [-0.05, 0) is 57.0 Å². The number of rotatable bonds is 5. The average Bonchev–Trinajstić information content (AvgIpc) is 3.18. The van der Waals surface area contributed by atoms with Gasteiger partial charge in [0.2, 0.25) is 16.0 Å². The maximum absolute atomic E-state index is 13.3. The van der Waals surface area contributed by atoms with Crippen LogP contribution in [0.1, 0.15) is 36.0 Å². The molecule has 1 fully saturated rings. The molecule has 0 saturated carbocycles. The summed E-state index contributed by atoms with van der Waals surface area (Å²) in [6.07, 6.45) is 1.45. The lowest BCUT2D eigenvalue weighted by Crippen LogP contribution is -2.31. The lowest BCUT2D eigenvalue weighted by molar-refractivity contribution is 0.391. The van der Waals surface area contributed by atoms with Crippen molar-refractivity contribution >= 4 is 33.4 Å². The topological polar surface area (TPSA) is 88.1 Å². The zero-order valence-electron chi connectivity index (χ0n) is 16.7. The minimum absolute atomic E-state index is 0.122. The quantitative estimate of drug-likeness (QED) is 0.628. The summed E-state index contributed by atoms with van der Waals surface area (Å²) in [7, 11) is -3.73. The van der Waals surface area contributed by atoms with E-state index in [1.54, 1.807) is 18.2 Å². The SMILES string of the molecule is Cc1cc(C)nc(Nc2cccc([C@H]3CCCN3S(=O)(=O)c3ccccc3Cl)n2)n1. The Labute approximate surface area is 181 Å². The van der Waals surface area contributed by atoms with Gasteiger partial charge in [-0.15, -0.1) is 0 Å². The van der Waals surface area contributed by atoms with Crippen LogP contribution in [-0.2, 0) is 10.0 Å². The van der Waals surface area contributed by atoms with E-state index < -0.39 is 10.0 Å². The summed E-state index contributed by atoms with van der Waals surface area (Å²) in [6.45, 7) is 4.23. The van der Waals surface area contributed by atoms with Gasteiger partial charge in [0.15, 0.2) is 0 Å². The molecule has 1 saturated heterocycles. The zero-order chi connectivity index (χ0) is 21.3. The second-order valence-corrected chi connectivity index (χ2v) is 9.52. The van der Waals surface area contributed by atoms with Gasteiger partial charge in [0.05, 0.1) is 16.8 Å². The molecule has 1 atom stereocenters. The van der Waals surface area contributed by atoms with E-state index in [4.69, 9.17) is 11.6 Å². The lowest BCUT2D eigenvalue weighted by atomic mass is 10.1. The molecule has 0 unspecified atom stereocenters. The molecule has 1 aliphatic heterocycles. The normalized spacial score (nSPS) is 17.2. The Hall–Kier alpha value is -2.55. The average molecular weight is 444 g/mol. The number of nitrogens with one attached hydrogen (secondary N) is 1. The summed E-state index contributed by atoms with van der Waals surface area (Å²) in [5.74, 6) is 1.03. The van der Waals surface area contributed by atoms with Crippen molar-refractivity contribution in [3.63, 3.8) is 0 Å². The highest BCUT2D eigenvalue weighted by molar-refractivity contribution is 7.89. The standard InChI is InChI=1S/C21H22ClN5O2S/c1-14-13-15(2)24-21(23-14)26-20-11-5-8-17(25-20)18-9-6-12-27(18)30(28,29)19-10-4-3-7-16(19)22/h3-5,7-8,10-11,13,18H,6,9,12H2,1-2H3,(H,23,24,25,26)/t18-/m1/s1. The van der Waals surface area contributed by atoms with Crippen LogP contribution >= 0.6 is 11.6 Å². The Bertz CT molecular complexity index is 1170. The van der Waals surface area contributed by atoms with Crippen molar-refractivity contribution in [3.8, 4) is 0 Å². The third kappa shape index (κ3) is 4.16. The van der Waals surface area contributed by atoms with E-state index >= 15 is 0 Å². The second-order valence-electron chi connectivity index (χ2n) is 7.25. The number of aryl methyl sites for hydroxylation is 2. The van der Waals surface area contributed by atoms with Crippen molar-refractivity contribution in [2.45, 2.75) is 37.6 Å². The molecule has 7 nitrogen and oxygen atoms in total. The minimum Gasteiger partial charge on any atom is -0.309 e. The third-order valence-electron chi connectivity index (χ3n) is 4.96. The fourth-order valence-electron chi connectivity index (χ4n) is 3.71. The molecule has 0 amide bonds. The van der Waals surface area contributed by atoms with E-state index in [9.17, 15) is 8.42 Å². The second kappa shape index (κ2) is 8.29. The van der Waals surface area contributed by atoms with E-state index in [-0.39, 0.29) is 16.0 Å². The molecule has 0 radical (unpaired) electrons. The third-order valence-corrected chi connectivity index (χ3v) is 7.37. The van der Waals surface area contributed by atoms with E-state index in [1.807, 2.05) is 38.1 Å². The molecular formula is C21H22ClN5O2S. The number of hydrogen-bond donors (Lipinski definition) is 1. The maximum Gasteiger partial charge on any atom is 0.245 e. The van der Waals surface area contributed by atoms with E-state index in [0.717, 1.165) is 17.8 Å². The molecule has 4 rings (SSSR count). The highest BCUT2D eigenvalue weighted by Crippen LogP contribution is 2.37. The van der Waals surface area contributed by atoms with Crippen LogP contribution in [0.3, 0.4) is 0 Å². The van der Waals surface area contributed by atoms with Crippen LogP contribution in [0.25, 0.3) is 0 Å². The molecule has 1 aliphatic rings. The molecule has 9 heteroatoms. The Morgan fingerprint density at radius 3 is 2.50 bits per heavy atom. The number of halogens is 1. The molecule has 30 heavy (non-hydrogen) atoms. The summed E-state index contributed by atoms with van der Waals surface area (Å²) >= 11 is 6.18. The number of aromatic nitrogens is 3. The number of benzene rings is 1. The van der Waals surface area contributed by atoms with Crippen molar-refractivity contribution in [2.24, 2.45) is 0 Å². The number of nitrogens with zero attached hydrogens (tertiary/aromatic N) is 4. The molecule has 1 aromatic carbocycles.